The van der Waals surface area contributed by atoms with Gasteiger partial charge in [-0.2, -0.15) is 0 Å². The monoisotopic (exact) mass is 399 g/mol. The number of hydrogen-bond donors (Lipinski definition) is 1. The average Bonchev–Trinajstić information content (AvgIpc) is 2.53. The van der Waals surface area contributed by atoms with Gasteiger partial charge in [-0.1, -0.05) is 12.1 Å². The minimum atomic E-state index is -4.99. The molecule has 2 rings (SSSR count). The molecule has 0 aliphatic rings. The van der Waals surface area contributed by atoms with Crippen LogP contribution in [0.3, 0.4) is 0 Å². The smallest absolute Gasteiger partial charge is 0.444 e. The predicted octanol–water partition coefficient (Wildman–Crippen LogP) is 5.30. The Morgan fingerprint density at radius 1 is 0.964 bits per heavy atom. The zero-order valence-electron chi connectivity index (χ0n) is 15.2. The first kappa shape index (κ1) is 21.2. The lowest BCUT2D eigenvalue weighted by Gasteiger charge is -2.20. The van der Waals surface area contributed by atoms with Gasteiger partial charge in [0.1, 0.15) is 17.2 Å². The van der Waals surface area contributed by atoms with Gasteiger partial charge in [0.15, 0.2) is 5.78 Å². The molecule has 150 valence electrons. The van der Waals surface area contributed by atoms with Crippen LogP contribution in [0, 0.1) is 5.82 Å². The standard InChI is InChI=1S/C19H17F4NO4/c1-18(2,3)28-17(26)24-15-9-8-11(27-19(21,22)23)10-13(15)16(25)12-6-4-5-7-14(12)20/h4-10H,1-3H3,(H,24,26). The number of benzene rings is 2. The molecule has 0 spiro atoms. The van der Waals surface area contributed by atoms with E-state index in [9.17, 15) is 27.2 Å². The number of hydrogen-bond acceptors (Lipinski definition) is 4. The van der Waals surface area contributed by atoms with Gasteiger partial charge in [0.2, 0.25) is 0 Å². The van der Waals surface area contributed by atoms with E-state index in [1.807, 2.05) is 0 Å². The summed E-state index contributed by atoms with van der Waals surface area (Å²) in [5.74, 6) is -2.49. The first-order valence-corrected chi connectivity index (χ1v) is 8.05. The lowest BCUT2D eigenvalue weighted by atomic mass is 10.0. The normalized spacial score (nSPS) is 11.7. The molecule has 2 aromatic carbocycles. The molecule has 28 heavy (non-hydrogen) atoms. The van der Waals surface area contributed by atoms with Gasteiger partial charge in [0.05, 0.1) is 11.3 Å². The fourth-order valence-corrected chi connectivity index (χ4v) is 2.22. The van der Waals surface area contributed by atoms with Crippen molar-refractivity contribution in [2.75, 3.05) is 5.32 Å². The van der Waals surface area contributed by atoms with Crippen molar-refractivity contribution in [1.29, 1.82) is 0 Å². The molecule has 1 N–H and O–H groups in total. The van der Waals surface area contributed by atoms with Gasteiger partial charge >= 0.3 is 12.5 Å². The summed E-state index contributed by atoms with van der Waals surface area (Å²) in [6, 6.07) is 7.69. The highest BCUT2D eigenvalue weighted by Gasteiger charge is 2.32. The summed E-state index contributed by atoms with van der Waals surface area (Å²) in [5.41, 5.74) is -1.77. The van der Waals surface area contributed by atoms with Crippen molar-refractivity contribution >= 4 is 17.6 Å². The lowest BCUT2D eigenvalue weighted by molar-refractivity contribution is -0.274. The van der Waals surface area contributed by atoms with Crippen molar-refractivity contribution in [3.8, 4) is 5.75 Å². The number of carbonyl (C=O) groups is 2. The van der Waals surface area contributed by atoms with Crippen molar-refractivity contribution in [1.82, 2.24) is 0 Å². The van der Waals surface area contributed by atoms with Crippen molar-refractivity contribution < 1.29 is 36.6 Å². The fraction of sp³-hybridized carbons (Fsp3) is 0.263. The van der Waals surface area contributed by atoms with Gasteiger partial charge in [-0.15, -0.1) is 13.2 Å². The highest BCUT2D eigenvalue weighted by atomic mass is 19.4. The molecule has 0 aromatic heterocycles. The Hall–Kier alpha value is -3.10. The van der Waals surface area contributed by atoms with E-state index < -0.39 is 41.0 Å². The van der Waals surface area contributed by atoms with Gasteiger partial charge in [-0.25, -0.2) is 9.18 Å². The minimum Gasteiger partial charge on any atom is -0.444 e. The van der Waals surface area contributed by atoms with Crippen LogP contribution in [0.25, 0.3) is 0 Å². The van der Waals surface area contributed by atoms with Gasteiger partial charge in [0.25, 0.3) is 0 Å². The van der Waals surface area contributed by atoms with E-state index >= 15 is 0 Å². The summed E-state index contributed by atoms with van der Waals surface area (Å²) in [5, 5.41) is 2.29. The highest BCUT2D eigenvalue weighted by molar-refractivity contribution is 6.13. The van der Waals surface area contributed by atoms with Gasteiger partial charge in [-0.3, -0.25) is 10.1 Å². The summed E-state index contributed by atoms with van der Waals surface area (Å²) in [6.07, 6.45) is -5.92. The summed E-state index contributed by atoms with van der Waals surface area (Å²) in [4.78, 5) is 24.7. The summed E-state index contributed by atoms with van der Waals surface area (Å²) >= 11 is 0. The van der Waals surface area contributed by atoms with Gasteiger partial charge in [-0.05, 0) is 51.1 Å². The number of rotatable bonds is 4. The topological polar surface area (TPSA) is 64.6 Å². The number of halogens is 4. The number of anilines is 1. The third-order valence-electron chi connectivity index (χ3n) is 3.22. The van der Waals surface area contributed by atoms with Crippen LogP contribution in [-0.2, 0) is 4.74 Å². The highest BCUT2D eigenvalue weighted by Crippen LogP contribution is 2.29. The zero-order chi connectivity index (χ0) is 21.1. The van der Waals surface area contributed by atoms with Crippen molar-refractivity contribution in [3.05, 3.63) is 59.4 Å². The molecule has 0 bridgehead atoms. The molecule has 1 amide bonds. The van der Waals surface area contributed by atoms with Crippen LogP contribution < -0.4 is 10.1 Å². The Labute approximate surface area is 158 Å². The number of carbonyl (C=O) groups excluding carboxylic acids is 2. The van der Waals surface area contributed by atoms with E-state index in [4.69, 9.17) is 4.74 Å². The quantitative estimate of drug-likeness (QED) is 0.560. The second kappa shape index (κ2) is 7.87. The van der Waals surface area contributed by atoms with Crippen LogP contribution in [0.2, 0.25) is 0 Å². The fourth-order valence-electron chi connectivity index (χ4n) is 2.22. The number of ether oxygens (including phenoxy) is 2. The molecule has 0 heterocycles. The summed E-state index contributed by atoms with van der Waals surface area (Å²) < 4.78 is 60.4. The largest absolute Gasteiger partial charge is 0.573 e. The maximum Gasteiger partial charge on any atom is 0.573 e. The van der Waals surface area contributed by atoms with E-state index in [0.717, 1.165) is 24.3 Å². The van der Waals surface area contributed by atoms with E-state index in [1.165, 1.54) is 18.2 Å². The molecule has 0 atom stereocenters. The number of nitrogens with one attached hydrogen (secondary N) is 1. The van der Waals surface area contributed by atoms with E-state index in [0.29, 0.717) is 0 Å². The molecular weight excluding hydrogens is 382 g/mol. The Morgan fingerprint density at radius 3 is 2.18 bits per heavy atom. The second-order valence-corrected chi connectivity index (χ2v) is 6.69. The SMILES string of the molecule is CC(C)(C)OC(=O)Nc1ccc(OC(F)(F)F)cc1C(=O)c1ccccc1F. The van der Waals surface area contributed by atoms with E-state index in [2.05, 4.69) is 10.1 Å². The number of ketones is 1. The van der Waals surface area contributed by atoms with Crippen molar-refractivity contribution in [2.24, 2.45) is 0 Å². The summed E-state index contributed by atoms with van der Waals surface area (Å²) in [7, 11) is 0. The van der Waals surface area contributed by atoms with Gasteiger partial charge in [0, 0.05) is 5.56 Å². The Balaban J connectivity index is 2.45. The predicted molar refractivity (Wildman–Crippen MR) is 92.8 cm³/mol. The average molecular weight is 399 g/mol. The first-order valence-electron chi connectivity index (χ1n) is 8.05. The van der Waals surface area contributed by atoms with Crippen LogP contribution in [-0.4, -0.2) is 23.8 Å². The molecule has 0 saturated heterocycles. The molecule has 0 radical (unpaired) electrons. The van der Waals surface area contributed by atoms with Gasteiger partial charge < -0.3 is 9.47 Å². The van der Waals surface area contributed by atoms with Crippen LogP contribution in [0.15, 0.2) is 42.5 Å². The Bertz CT molecular complexity index is 888. The molecule has 5 nitrogen and oxygen atoms in total. The molecule has 0 saturated carbocycles. The Kier molecular flexibility index (Phi) is 5.96. The molecule has 2 aromatic rings. The van der Waals surface area contributed by atoms with E-state index in [-0.39, 0.29) is 11.3 Å². The molecule has 9 heteroatoms. The van der Waals surface area contributed by atoms with E-state index in [1.54, 1.807) is 20.8 Å². The first-order chi connectivity index (χ1) is 12.9. The van der Waals surface area contributed by atoms with Crippen molar-refractivity contribution in [2.45, 2.75) is 32.7 Å². The zero-order valence-corrected chi connectivity index (χ0v) is 15.2. The Morgan fingerprint density at radius 2 is 1.61 bits per heavy atom. The minimum absolute atomic E-state index is 0.156. The maximum atomic E-state index is 14.0. The third kappa shape index (κ3) is 5.97. The van der Waals surface area contributed by atoms with Crippen LogP contribution >= 0.6 is 0 Å². The summed E-state index contributed by atoms with van der Waals surface area (Å²) in [6.45, 7) is 4.83. The third-order valence-corrected chi connectivity index (χ3v) is 3.22. The van der Waals surface area contributed by atoms with Crippen molar-refractivity contribution in [3.63, 3.8) is 0 Å². The molecular formula is C19H17F4NO4. The molecule has 0 aliphatic carbocycles. The number of alkyl halides is 3. The van der Waals surface area contributed by atoms with Crippen LogP contribution in [0.5, 0.6) is 5.75 Å². The van der Waals surface area contributed by atoms with Crippen LogP contribution in [0.4, 0.5) is 28.0 Å². The lowest BCUT2D eigenvalue weighted by Crippen LogP contribution is -2.28. The molecule has 0 aliphatic heterocycles. The maximum absolute atomic E-state index is 14.0. The second-order valence-electron chi connectivity index (χ2n) is 6.69. The molecule has 0 unspecified atom stereocenters. The number of amides is 1. The van der Waals surface area contributed by atoms with Crippen LogP contribution in [0.1, 0.15) is 36.7 Å². The molecule has 0 fully saturated rings.